The first-order valence-electron chi connectivity index (χ1n) is 7.15. The van der Waals surface area contributed by atoms with E-state index < -0.39 is 0 Å². The lowest BCUT2D eigenvalue weighted by molar-refractivity contribution is 0.0111. The van der Waals surface area contributed by atoms with Crippen LogP contribution in [0.15, 0.2) is 0 Å². The molecule has 0 N–H and O–H groups in total. The van der Waals surface area contributed by atoms with Crippen LogP contribution in [0, 0.1) is 13.8 Å². The maximum atomic E-state index is 6.16. The minimum absolute atomic E-state index is 0.345. The highest BCUT2D eigenvalue weighted by Crippen LogP contribution is 2.21. The van der Waals surface area contributed by atoms with E-state index in [0.29, 0.717) is 11.3 Å². The second-order valence-electron chi connectivity index (χ2n) is 5.42. The fourth-order valence-electron chi connectivity index (χ4n) is 2.62. The smallest absolute Gasteiger partial charge is 0.181 e. The largest absolute Gasteiger partial charge is 0.378 e. The molecule has 2 aromatic heterocycles. The Morgan fingerprint density at radius 1 is 1.25 bits per heavy atom. The SMILES string of the molecule is Cc1c(Cl)nn2c(CCC3CCCCO3)nnc2c1C. The van der Waals surface area contributed by atoms with Crippen molar-refractivity contribution >= 4 is 17.2 Å². The van der Waals surface area contributed by atoms with Gasteiger partial charge < -0.3 is 4.74 Å². The monoisotopic (exact) mass is 294 g/mol. The lowest BCUT2D eigenvalue weighted by Crippen LogP contribution is -2.20. The summed E-state index contributed by atoms with van der Waals surface area (Å²) in [7, 11) is 0. The van der Waals surface area contributed by atoms with Crippen LogP contribution >= 0.6 is 11.6 Å². The first-order valence-corrected chi connectivity index (χ1v) is 7.53. The standard InChI is InChI=1S/C14H19ClN4O/c1-9-10(2)14-17-16-12(19(14)18-13(9)15)7-6-11-5-3-4-8-20-11/h11H,3-8H2,1-2H3. The van der Waals surface area contributed by atoms with E-state index in [4.69, 9.17) is 16.3 Å². The molecular weight excluding hydrogens is 276 g/mol. The van der Waals surface area contributed by atoms with Gasteiger partial charge in [0.1, 0.15) is 0 Å². The van der Waals surface area contributed by atoms with Gasteiger partial charge >= 0.3 is 0 Å². The Kier molecular flexibility index (Phi) is 3.89. The normalized spacial score (nSPS) is 19.6. The molecule has 3 rings (SSSR count). The molecule has 1 aliphatic heterocycles. The number of rotatable bonds is 3. The minimum Gasteiger partial charge on any atom is -0.378 e. The van der Waals surface area contributed by atoms with Gasteiger partial charge in [-0.3, -0.25) is 0 Å². The molecule has 0 radical (unpaired) electrons. The summed E-state index contributed by atoms with van der Waals surface area (Å²) in [6.07, 6.45) is 5.71. The van der Waals surface area contributed by atoms with E-state index in [0.717, 1.165) is 48.5 Å². The van der Waals surface area contributed by atoms with Crippen molar-refractivity contribution in [2.24, 2.45) is 0 Å². The molecule has 20 heavy (non-hydrogen) atoms. The van der Waals surface area contributed by atoms with Gasteiger partial charge in [-0.2, -0.15) is 9.61 Å². The van der Waals surface area contributed by atoms with Crippen molar-refractivity contribution in [3.63, 3.8) is 0 Å². The molecular formula is C14H19ClN4O. The zero-order valence-corrected chi connectivity index (χ0v) is 12.7. The Labute approximate surface area is 123 Å². The summed E-state index contributed by atoms with van der Waals surface area (Å²) in [6.45, 7) is 4.84. The van der Waals surface area contributed by atoms with Gasteiger partial charge in [0.25, 0.3) is 0 Å². The van der Waals surface area contributed by atoms with Gasteiger partial charge in [-0.1, -0.05) is 11.6 Å². The van der Waals surface area contributed by atoms with Crippen LogP contribution in [0.4, 0.5) is 0 Å². The Hall–Kier alpha value is -1.20. The van der Waals surface area contributed by atoms with E-state index in [2.05, 4.69) is 15.3 Å². The summed E-state index contributed by atoms with van der Waals surface area (Å²) in [5.74, 6) is 0.860. The lowest BCUT2D eigenvalue weighted by atomic mass is 10.0. The summed E-state index contributed by atoms with van der Waals surface area (Å²) >= 11 is 6.16. The van der Waals surface area contributed by atoms with Crippen LogP contribution in [0.1, 0.15) is 42.6 Å². The van der Waals surface area contributed by atoms with Crippen LogP contribution in [0.25, 0.3) is 5.65 Å². The van der Waals surface area contributed by atoms with Crippen LogP contribution in [0.2, 0.25) is 5.15 Å². The van der Waals surface area contributed by atoms with Crippen LogP contribution in [-0.2, 0) is 11.2 Å². The van der Waals surface area contributed by atoms with Gasteiger partial charge in [0.05, 0.1) is 6.10 Å². The average molecular weight is 295 g/mol. The summed E-state index contributed by atoms with van der Waals surface area (Å²) in [5.41, 5.74) is 2.80. The number of fused-ring (bicyclic) bond motifs is 1. The number of ether oxygens (including phenoxy) is 1. The quantitative estimate of drug-likeness (QED) is 0.873. The van der Waals surface area contributed by atoms with Crippen LogP contribution in [0.5, 0.6) is 0 Å². The maximum Gasteiger partial charge on any atom is 0.181 e. The molecule has 0 bridgehead atoms. The van der Waals surface area contributed by atoms with E-state index >= 15 is 0 Å². The molecule has 1 atom stereocenters. The first kappa shape index (κ1) is 13.8. The number of halogens is 1. The van der Waals surface area contributed by atoms with Crippen molar-refractivity contribution in [3.8, 4) is 0 Å². The molecule has 0 amide bonds. The topological polar surface area (TPSA) is 52.3 Å². The van der Waals surface area contributed by atoms with Gasteiger partial charge in [0.15, 0.2) is 16.6 Å². The third-order valence-corrected chi connectivity index (χ3v) is 4.42. The third-order valence-electron chi connectivity index (χ3n) is 4.06. The molecule has 0 saturated carbocycles. The molecule has 0 aliphatic carbocycles. The molecule has 2 aromatic rings. The highest BCUT2D eigenvalue weighted by molar-refractivity contribution is 6.30. The molecule has 0 spiro atoms. The van der Waals surface area contributed by atoms with Crippen LogP contribution < -0.4 is 0 Å². The molecule has 0 aromatic carbocycles. The zero-order valence-electron chi connectivity index (χ0n) is 11.9. The predicted octanol–water partition coefficient (Wildman–Crippen LogP) is 2.90. The number of hydrogen-bond acceptors (Lipinski definition) is 4. The Bertz CT molecular complexity index is 619. The van der Waals surface area contributed by atoms with Crippen molar-refractivity contribution in [2.75, 3.05) is 6.61 Å². The molecule has 1 saturated heterocycles. The summed E-state index contributed by atoms with van der Waals surface area (Å²) in [5, 5.41) is 13.4. The minimum atomic E-state index is 0.345. The molecule has 1 fully saturated rings. The number of aromatic nitrogens is 4. The Morgan fingerprint density at radius 2 is 2.10 bits per heavy atom. The maximum absolute atomic E-state index is 6.16. The van der Waals surface area contributed by atoms with E-state index in [1.165, 1.54) is 12.8 Å². The second kappa shape index (κ2) is 5.66. The van der Waals surface area contributed by atoms with Crippen LogP contribution in [-0.4, -0.2) is 32.5 Å². The number of aryl methyl sites for hydroxylation is 2. The molecule has 1 unspecified atom stereocenters. The first-order chi connectivity index (χ1) is 9.66. The lowest BCUT2D eigenvalue weighted by Gasteiger charge is -2.21. The van der Waals surface area contributed by atoms with Gasteiger partial charge in [0.2, 0.25) is 0 Å². The fourth-order valence-corrected chi connectivity index (χ4v) is 2.83. The molecule has 1 aliphatic rings. The van der Waals surface area contributed by atoms with E-state index in [9.17, 15) is 0 Å². The van der Waals surface area contributed by atoms with Gasteiger partial charge in [-0.15, -0.1) is 10.2 Å². The fraction of sp³-hybridized carbons (Fsp3) is 0.643. The Balaban J connectivity index is 1.81. The zero-order chi connectivity index (χ0) is 14.1. The van der Waals surface area contributed by atoms with E-state index in [1.807, 2.05) is 13.8 Å². The highest BCUT2D eigenvalue weighted by Gasteiger charge is 2.17. The van der Waals surface area contributed by atoms with Crippen molar-refractivity contribution in [1.29, 1.82) is 0 Å². The van der Waals surface area contributed by atoms with Crippen LogP contribution in [0.3, 0.4) is 0 Å². The number of nitrogens with zero attached hydrogens (tertiary/aromatic N) is 4. The average Bonchev–Trinajstić information content (AvgIpc) is 2.87. The highest BCUT2D eigenvalue weighted by atomic mass is 35.5. The molecule has 6 heteroatoms. The van der Waals surface area contributed by atoms with Gasteiger partial charge in [0, 0.05) is 18.6 Å². The van der Waals surface area contributed by atoms with E-state index in [1.54, 1.807) is 4.52 Å². The predicted molar refractivity (Wildman–Crippen MR) is 77.2 cm³/mol. The Morgan fingerprint density at radius 3 is 2.85 bits per heavy atom. The van der Waals surface area contributed by atoms with E-state index in [-0.39, 0.29) is 0 Å². The van der Waals surface area contributed by atoms with Crippen molar-refractivity contribution < 1.29 is 4.74 Å². The molecule has 108 valence electrons. The number of hydrogen-bond donors (Lipinski definition) is 0. The summed E-state index contributed by atoms with van der Waals surface area (Å²) < 4.78 is 7.52. The third kappa shape index (κ3) is 2.52. The van der Waals surface area contributed by atoms with Crippen molar-refractivity contribution in [1.82, 2.24) is 19.8 Å². The molecule has 3 heterocycles. The summed E-state index contributed by atoms with van der Waals surface area (Å²) in [4.78, 5) is 0. The molecule has 5 nitrogen and oxygen atoms in total. The second-order valence-corrected chi connectivity index (χ2v) is 5.78. The van der Waals surface area contributed by atoms with Gasteiger partial charge in [-0.05, 0) is 45.1 Å². The van der Waals surface area contributed by atoms with Crippen molar-refractivity contribution in [3.05, 3.63) is 22.1 Å². The van der Waals surface area contributed by atoms with Crippen molar-refractivity contribution in [2.45, 2.75) is 52.1 Å². The van der Waals surface area contributed by atoms with Gasteiger partial charge in [-0.25, -0.2) is 0 Å². The summed E-state index contributed by atoms with van der Waals surface area (Å²) in [6, 6.07) is 0.